The number of hydrogen-bond donors (Lipinski definition) is 1. The molecule has 0 bridgehead atoms. The molecule has 2 heterocycles. The second-order valence-corrected chi connectivity index (χ2v) is 8.06. The van der Waals surface area contributed by atoms with Crippen LogP contribution in [0.15, 0.2) is 72.9 Å². The number of rotatable bonds is 5. The van der Waals surface area contributed by atoms with Crippen molar-refractivity contribution in [1.29, 1.82) is 0 Å². The predicted molar refractivity (Wildman–Crippen MR) is 126 cm³/mol. The summed E-state index contributed by atoms with van der Waals surface area (Å²) in [6.45, 7) is 1.57. The van der Waals surface area contributed by atoms with Crippen molar-refractivity contribution in [3.8, 4) is 11.1 Å². The van der Waals surface area contributed by atoms with Crippen LogP contribution in [0.3, 0.4) is 0 Å². The van der Waals surface area contributed by atoms with E-state index in [0.717, 1.165) is 11.1 Å². The van der Waals surface area contributed by atoms with E-state index in [9.17, 15) is 14.4 Å². The lowest BCUT2D eigenvalue weighted by molar-refractivity contribution is -0.131. The van der Waals surface area contributed by atoms with E-state index in [2.05, 4.69) is 10.3 Å². The van der Waals surface area contributed by atoms with Gasteiger partial charge in [0, 0.05) is 37.9 Å². The maximum absolute atomic E-state index is 12.6. The highest BCUT2D eigenvalue weighted by molar-refractivity contribution is 6.29. The number of carbonyl (C=O) groups excluding carboxylic acids is 3. The molecule has 1 fully saturated rings. The molecule has 1 N–H and O–H groups in total. The zero-order valence-corrected chi connectivity index (χ0v) is 18.7. The number of pyridine rings is 1. The lowest BCUT2D eigenvalue weighted by atomic mass is 10.0. The monoisotopic (exact) mass is 462 g/mol. The highest BCUT2D eigenvalue weighted by Crippen LogP contribution is 2.19. The van der Waals surface area contributed by atoms with Gasteiger partial charge in [-0.15, -0.1) is 0 Å². The molecular formula is C25H23ClN4O3. The molecule has 33 heavy (non-hydrogen) atoms. The van der Waals surface area contributed by atoms with Gasteiger partial charge < -0.3 is 15.1 Å². The molecule has 1 aliphatic heterocycles. The average molecular weight is 463 g/mol. The first-order chi connectivity index (χ1) is 16.0. The summed E-state index contributed by atoms with van der Waals surface area (Å²) in [5.41, 5.74) is 3.05. The van der Waals surface area contributed by atoms with Crippen molar-refractivity contribution in [3.63, 3.8) is 0 Å². The standard InChI is InChI=1S/C25H23ClN4O3/c26-22-11-10-21(16-27-22)25(33)30-14-12-29(13-15-30)23(31)17-28-24(32)20-8-6-19(7-9-20)18-4-2-1-3-5-18/h1-11,16H,12-15,17H2,(H,28,32). The van der Waals surface area contributed by atoms with Crippen LogP contribution in [-0.4, -0.2) is 65.2 Å². The van der Waals surface area contributed by atoms with Crippen LogP contribution < -0.4 is 5.32 Å². The van der Waals surface area contributed by atoms with Crippen LogP contribution in [0.4, 0.5) is 0 Å². The first kappa shape index (κ1) is 22.5. The van der Waals surface area contributed by atoms with Gasteiger partial charge in [-0.2, -0.15) is 0 Å². The van der Waals surface area contributed by atoms with E-state index in [0.29, 0.717) is 42.5 Å². The number of halogens is 1. The Morgan fingerprint density at radius 3 is 2.03 bits per heavy atom. The summed E-state index contributed by atoms with van der Waals surface area (Å²) in [7, 11) is 0. The molecular weight excluding hydrogens is 440 g/mol. The molecule has 4 rings (SSSR count). The number of aromatic nitrogens is 1. The van der Waals surface area contributed by atoms with E-state index < -0.39 is 0 Å². The third kappa shape index (κ3) is 5.56. The molecule has 0 unspecified atom stereocenters. The normalized spacial score (nSPS) is 13.5. The molecule has 8 heteroatoms. The maximum Gasteiger partial charge on any atom is 0.255 e. The van der Waals surface area contributed by atoms with Gasteiger partial charge in [0.1, 0.15) is 5.15 Å². The van der Waals surface area contributed by atoms with Gasteiger partial charge in [-0.25, -0.2) is 4.98 Å². The summed E-state index contributed by atoms with van der Waals surface area (Å²) < 4.78 is 0. The Labute approximate surface area is 197 Å². The number of hydrogen-bond acceptors (Lipinski definition) is 4. The van der Waals surface area contributed by atoms with E-state index >= 15 is 0 Å². The second-order valence-electron chi connectivity index (χ2n) is 7.67. The number of nitrogens with zero attached hydrogens (tertiary/aromatic N) is 3. The zero-order valence-electron chi connectivity index (χ0n) is 17.9. The minimum Gasteiger partial charge on any atom is -0.343 e. The Balaban J connectivity index is 1.25. The molecule has 3 amide bonds. The van der Waals surface area contributed by atoms with Crippen molar-refractivity contribution < 1.29 is 14.4 Å². The van der Waals surface area contributed by atoms with Crippen LogP contribution in [0.5, 0.6) is 0 Å². The number of benzene rings is 2. The highest BCUT2D eigenvalue weighted by Gasteiger charge is 2.25. The van der Waals surface area contributed by atoms with Crippen LogP contribution in [0.1, 0.15) is 20.7 Å². The van der Waals surface area contributed by atoms with Crippen molar-refractivity contribution in [2.45, 2.75) is 0 Å². The quantitative estimate of drug-likeness (QED) is 0.590. The average Bonchev–Trinajstić information content (AvgIpc) is 2.88. The topological polar surface area (TPSA) is 82.6 Å². The molecule has 0 spiro atoms. The van der Waals surface area contributed by atoms with Crippen molar-refractivity contribution in [2.24, 2.45) is 0 Å². The second kappa shape index (κ2) is 10.3. The summed E-state index contributed by atoms with van der Waals surface area (Å²) in [5, 5.41) is 3.02. The van der Waals surface area contributed by atoms with Crippen LogP contribution >= 0.6 is 11.6 Å². The minimum absolute atomic E-state index is 0.0890. The van der Waals surface area contributed by atoms with Gasteiger partial charge in [-0.3, -0.25) is 14.4 Å². The Hall–Kier alpha value is -3.71. The number of carbonyl (C=O) groups is 3. The van der Waals surface area contributed by atoms with Gasteiger partial charge >= 0.3 is 0 Å². The molecule has 0 atom stereocenters. The van der Waals surface area contributed by atoms with Gasteiger partial charge in [-0.1, -0.05) is 54.1 Å². The number of nitrogens with one attached hydrogen (secondary N) is 1. The lowest BCUT2D eigenvalue weighted by Crippen LogP contribution is -2.52. The Morgan fingerprint density at radius 1 is 0.788 bits per heavy atom. The summed E-state index contributed by atoms with van der Waals surface area (Å²) >= 11 is 5.77. The van der Waals surface area contributed by atoms with E-state index in [1.54, 1.807) is 34.1 Å². The van der Waals surface area contributed by atoms with Crippen LogP contribution in [0.2, 0.25) is 5.15 Å². The molecule has 1 aliphatic rings. The van der Waals surface area contributed by atoms with E-state index in [4.69, 9.17) is 11.6 Å². The van der Waals surface area contributed by atoms with Gasteiger partial charge in [-0.05, 0) is 35.4 Å². The molecule has 2 aromatic carbocycles. The zero-order chi connectivity index (χ0) is 23.2. The summed E-state index contributed by atoms with van der Waals surface area (Å²) in [6.07, 6.45) is 1.45. The van der Waals surface area contributed by atoms with Crippen molar-refractivity contribution >= 4 is 29.3 Å². The Kier molecular flexibility index (Phi) is 7.00. The fourth-order valence-electron chi connectivity index (χ4n) is 3.66. The third-order valence-electron chi connectivity index (χ3n) is 5.55. The van der Waals surface area contributed by atoms with Gasteiger partial charge in [0.15, 0.2) is 0 Å². The number of piperazine rings is 1. The van der Waals surface area contributed by atoms with Crippen LogP contribution in [-0.2, 0) is 4.79 Å². The van der Waals surface area contributed by atoms with Crippen molar-refractivity contribution in [3.05, 3.63) is 89.2 Å². The molecule has 0 saturated carbocycles. The third-order valence-corrected chi connectivity index (χ3v) is 5.77. The maximum atomic E-state index is 12.6. The molecule has 7 nitrogen and oxygen atoms in total. The summed E-state index contributed by atoms with van der Waals surface area (Å²) in [6, 6.07) is 20.4. The van der Waals surface area contributed by atoms with E-state index in [1.165, 1.54) is 6.20 Å². The van der Waals surface area contributed by atoms with Gasteiger partial charge in [0.05, 0.1) is 12.1 Å². The largest absolute Gasteiger partial charge is 0.343 e. The Bertz CT molecular complexity index is 1130. The molecule has 3 aromatic rings. The van der Waals surface area contributed by atoms with Crippen molar-refractivity contribution in [1.82, 2.24) is 20.1 Å². The summed E-state index contributed by atoms with van der Waals surface area (Å²) in [4.78, 5) is 44.8. The van der Waals surface area contributed by atoms with Gasteiger partial charge in [0.2, 0.25) is 5.91 Å². The minimum atomic E-state index is -0.299. The van der Waals surface area contributed by atoms with E-state index in [1.807, 2.05) is 42.5 Å². The fraction of sp³-hybridized carbons (Fsp3) is 0.200. The van der Waals surface area contributed by atoms with Crippen LogP contribution in [0.25, 0.3) is 11.1 Å². The molecule has 168 valence electrons. The molecule has 1 saturated heterocycles. The van der Waals surface area contributed by atoms with Crippen molar-refractivity contribution in [2.75, 3.05) is 32.7 Å². The number of amides is 3. The fourth-order valence-corrected chi connectivity index (χ4v) is 3.77. The lowest BCUT2D eigenvalue weighted by Gasteiger charge is -2.34. The predicted octanol–water partition coefficient (Wildman–Crippen LogP) is 3.12. The van der Waals surface area contributed by atoms with E-state index in [-0.39, 0.29) is 24.3 Å². The molecule has 1 aromatic heterocycles. The first-order valence-corrected chi connectivity index (χ1v) is 11.0. The molecule has 0 aliphatic carbocycles. The van der Waals surface area contributed by atoms with Crippen LogP contribution in [0, 0.1) is 0 Å². The smallest absolute Gasteiger partial charge is 0.255 e. The SMILES string of the molecule is O=C(NCC(=O)N1CCN(C(=O)c2ccc(Cl)nc2)CC1)c1ccc(-c2ccccc2)cc1. The summed E-state index contributed by atoms with van der Waals surface area (Å²) in [5.74, 6) is -0.616. The first-order valence-electron chi connectivity index (χ1n) is 10.6. The van der Waals surface area contributed by atoms with Gasteiger partial charge in [0.25, 0.3) is 11.8 Å². The molecule has 0 radical (unpaired) electrons. The highest BCUT2D eigenvalue weighted by atomic mass is 35.5. The Morgan fingerprint density at radius 2 is 1.39 bits per heavy atom.